The van der Waals surface area contributed by atoms with Crippen LogP contribution >= 0.6 is 0 Å². The van der Waals surface area contributed by atoms with E-state index in [1.165, 1.54) is 7.11 Å². The lowest BCUT2D eigenvalue weighted by atomic mass is 9.93. The van der Waals surface area contributed by atoms with Crippen molar-refractivity contribution in [2.45, 2.75) is 20.3 Å². The number of esters is 1. The van der Waals surface area contributed by atoms with Crippen molar-refractivity contribution in [2.75, 3.05) is 20.3 Å². The molecule has 0 bridgehead atoms. The molecule has 0 saturated carbocycles. The van der Waals surface area contributed by atoms with Gasteiger partial charge in [-0.2, -0.15) is 0 Å². The Morgan fingerprint density at radius 1 is 1.25 bits per heavy atom. The fourth-order valence-corrected chi connectivity index (χ4v) is 1.57. The van der Waals surface area contributed by atoms with Crippen molar-refractivity contribution in [1.82, 2.24) is 0 Å². The number of methoxy groups -OCH3 is 1. The van der Waals surface area contributed by atoms with Gasteiger partial charge < -0.3 is 14.2 Å². The normalized spacial score (nSPS) is 11.1. The molecule has 5 nitrogen and oxygen atoms in total. The number of aliphatic imine (C=N–C) groups is 1. The summed E-state index contributed by atoms with van der Waals surface area (Å²) in [6.07, 6.45) is -0.0294. The minimum absolute atomic E-state index is 0.0294. The predicted octanol–water partition coefficient (Wildman–Crippen LogP) is 1.51. The van der Waals surface area contributed by atoms with Gasteiger partial charge in [0.15, 0.2) is 5.90 Å². The summed E-state index contributed by atoms with van der Waals surface area (Å²) in [7, 11) is 7.45. The van der Waals surface area contributed by atoms with Gasteiger partial charge in [0, 0.05) is 0 Å². The molecule has 0 spiro atoms. The van der Waals surface area contributed by atoms with Crippen LogP contribution in [0.1, 0.15) is 20.3 Å². The fraction of sp³-hybridized carbons (Fsp3) is 0.429. The summed E-state index contributed by atoms with van der Waals surface area (Å²) in [4.78, 5) is 15.8. The average molecular weight is 275 g/mol. The number of carbonyl (C=O) groups is 1. The van der Waals surface area contributed by atoms with Crippen LogP contribution in [0.3, 0.4) is 0 Å². The van der Waals surface area contributed by atoms with Gasteiger partial charge in [0.25, 0.3) is 0 Å². The zero-order chi connectivity index (χ0) is 15.0. The average Bonchev–Trinajstić information content (AvgIpc) is 2.41. The Morgan fingerprint density at radius 2 is 1.95 bits per heavy atom. The van der Waals surface area contributed by atoms with Crippen molar-refractivity contribution in [3.63, 3.8) is 0 Å². The molecular weight excluding hydrogens is 257 g/mol. The Morgan fingerprint density at radius 3 is 2.55 bits per heavy atom. The minimum Gasteiger partial charge on any atom is -0.497 e. The third-order valence-corrected chi connectivity index (χ3v) is 2.42. The third-order valence-electron chi connectivity index (χ3n) is 2.42. The number of ether oxygens (including phenoxy) is 3. The summed E-state index contributed by atoms with van der Waals surface area (Å²) in [5, 5.41) is 0. The molecule has 0 fully saturated rings. The van der Waals surface area contributed by atoms with Crippen molar-refractivity contribution < 1.29 is 19.0 Å². The molecule has 20 heavy (non-hydrogen) atoms. The first-order valence-corrected chi connectivity index (χ1v) is 6.40. The minimum atomic E-state index is -0.388. The molecule has 0 aliphatic heterocycles. The topological polar surface area (TPSA) is 57.1 Å². The molecule has 6 heteroatoms. The van der Waals surface area contributed by atoms with Crippen molar-refractivity contribution in [2.24, 2.45) is 4.99 Å². The first kappa shape index (κ1) is 16.1. The van der Waals surface area contributed by atoms with Crippen molar-refractivity contribution in [3.05, 3.63) is 18.2 Å². The molecule has 1 aromatic carbocycles. The number of hydrogen-bond acceptors (Lipinski definition) is 5. The van der Waals surface area contributed by atoms with Crippen LogP contribution in [0, 0.1) is 0 Å². The molecule has 1 rings (SSSR count). The van der Waals surface area contributed by atoms with Gasteiger partial charge in [-0.3, -0.25) is 4.79 Å². The van der Waals surface area contributed by atoms with E-state index in [9.17, 15) is 4.79 Å². The maximum atomic E-state index is 11.5. The van der Waals surface area contributed by atoms with Crippen LogP contribution in [0.2, 0.25) is 0 Å². The van der Waals surface area contributed by atoms with Gasteiger partial charge in [-0.1, -0.05) is 6.07 Å². The number of nitrogens with zero attached hydrogens (tertiary/aromatic N) is 1. The van der Waals surface area contributed by atoms with E-state index in [2.05, 4.69) is 4.99 Å². The Hall–Kier alpha value is -1.98. The van der Waals surface area contributed by atoms with Crippen LogP contribution in [0.15, 0.2) is 23.2 Å². The molecule has 0 aliphatic rings. The van der Waals surface area contributed by atoms with E-state index in [1.807, 2.05) is 6.92 Å². The van der Waals surface area contributed by atoms with Crippen LogP contribution in [0.5, 0.6) is 5.75 Å². The lowest BCUT2D eigenvalue weighted by Gasteiger charge is -2.10. The molecule has 2 radical (unpaired) electrons. The van der Waals surface area contributed by atoms with Crippen molar-refractivity contribution in [3.8, 4) is 5.75 Å². The van der Waals surface area contributed by atoms with Gasteiger partial charge in [-0.15, -0.1) is 0 Å². The number of carbonyl (C=O) groups excluding carboxylic acids is 1. The van der Waals surface area contributed by atoms with Crippen molar-refractivity contribution >= 4 is 30.9 Å². The second-order valence-electron chi connectivity index (χ2n) is 3.81. The zero-order valence-electron chi connectivity index (χ0n) is 12.0. The highest BCUT2D eigenvalue weighted by Gasteiger charge is 2.11. The molecule has 0 N–H and O–H groups in total. The predicted molar refractivity (Wildman–Crippen MR) is 78.4 cm³/mol. The Balaban J connectivity index is 2.98. The Labute approximate surface area is 120 Å². The quantitative estimate of drug-likeness (QED) is 0.342. The van der Waals surface area contributed by atoms with Crippen LogP contribution < -0.4 is 10.2 Å². The van der Waals surface area contributed by atoms with E-state index in [-0.39, 0.29) is 18.3 Å². The lowest BCUT2D eigenvalue weighted by molar-refractivity contribution is -0.141. The summed E-state index contributed by atoms with van der Waals surface area (Å²) >= 11 is 0. The first-order chi connectivity index (χ1) is 9.62. The van der Waals surface area contributed by atoms with E-state index in [0.29, 0.717) is 30.1 Å². The third kappa shape index (κ3) is 4.61. The molecule has 0 atom stereocenters. The molecule has 0 saturated heterocycles. The van der Waals surface area contributed by atoms with Gasteiger partial charge in [0.2, 0.25) is 0 Å². The van der Waals surface area contributed by atoms with Gasteiger partial charge in [0.1, 0.15) is 20.0 Å². The molecule has 0 unspecified atom stereocenters. The van der Waals surface area contributed by atoms with E-state index in [4.69, 9.17) is 22.1 Å². The number of hydrogen-bond donors (Lipinski definition) is 0. The SMILES string of the molecule is [B]c1c(N=C(CC(=O)OCC)OCC)cccc1OC. The molecule has 1 aromatic rings. The summed E-state index contributed by atoms with van der Waals surface area (Å²) in [6, 6.07) is 5.23. The van der Waals surface area contributed by atoms with E-state index < -0.39 is 0 Å². The fourth-order valence-electron chi connectivity index (χ4n) is 1.57. The highest BCUT2D eigenvalue weighted by Crippen LogP contribution is 2.16. The molecule has 106 valence electrons. The van der Waals surface area contributed by atoms with Crippen LogP contribution in [-0.4, -0.2) is 40.0 Å². The molecule has 0 aromatic heterocycles. The second-order valence-corrected chi connectivity index (χ2v) is 3.81. The summed E-state index contributed by atoms with van der Waals surface area (Å²) < 4.78 is 15.3. The Kier molecular flexibility index (Phi) is 6.63. The summed E-state index contributed by atoms with van der Waals surface area (Å²) in [6.45, 7) is 4.28. The molecule has 0 heterocycles. The second kappa shape index (κ2) is 8.25. The summed E-state index contributed by atoms with van der Waals surface area (Å²) in [5.41, 5.74) is 0.896. The summed E-state index contributed by atoms with van der Waals surface area (Å²) in [5.74, 6) is 0.408. The van der Waals surface area contributed by atoms with Crippen LogP contribution in [-0.2, 0) is 14.3 Å². The van der Waals surface area contributed by atoms with E-state index >= 15 is 0 Å². The maximum absolute atomic E-state index is 11.5. The highest BCUT2D eigenvalue weighted by molar-refractivity contribution is 6.37. The standard InChI is InChI=1S/C14H18BNO4/c1-4-19-12(9-13(17)20-5-2)16-10-7-6-8-11(18-3)14(10)15/h6-8H,4-5,9H2,1-3H3. The lowest BCUT2D eigenvalue weighted by Crippen LogP contribution is -2.15. The monoisotopic (exact) mass is 275 g/mol. The van der Waals surface area contributed by atoms with Crippen LogP contribution in [0.4, 0.5) is 5.69 Å². The van der Waals surface area contributed by atoms with Crippen LogP contribution in [0.25, 0.3) is 0 Å². The first-order valence-electron chi connectivity index (χ1n) is 6.40. The van der Waals surface area contributed by atoms with Gasteiger partial charge >= 0.3 is 5.97 Å². The largest absolute Gasteiger partial charge is 0.497 e. The molecule has 0 aliphatic carbocycles. The zero-order valence-corrected chi connectivity index (χ0v) is 12.0. The van der Waals surface area contributed by atoms with Crippen molar-refractivity contribution in [1.29, 1.82) is 0 Å². The van der Waals surface area contributed by atoms with Gasteiger partial charge in [-0.25, -0.2) is 4.99 Å². The van der Waals surface area contributed by atoms with E-state index in [0.717, 1.165) is 0 Å². The molecule has 0 amide bonds. The van der Waals surface area contributed by atoms with Gasteiger partial charge in [0.05, 0.1) is 26.0 Å². The number of benzene rings is 1. The smallest absolute Gasteiger partial charge is 0.315 e. The highest BCUT2D eigenvalue weighted by atomic mass is 16.5. The van der Waals surface area contributed by atoms with Gasteiger partial charge in [-0.05, 0) is 31.4 Å². The number of rotatable bonds is 6. The maximum Gasteiger partial charge on any atom is 0.315 e. The molecular formula is C14H18BNO4. The Bertz CT molecular complexity index is 488. The van der Waals surface area contributed by atoms with E-state index in [1.54, 1.807) is 25.1 Å².